The van der Waals surface area contributed by atoms with Gasteiger partial charge in [0.25, 0.3) is 0 Å². The molecule has 0 bridgehead atoms. The van der Waals surface area contributed by atoms with E-state index in [1.807, 2.05) is 0 Å². The summed E-state index contributed by atoms with van der Waals surface area (Å²) in [5.74, 6) is -0.738. The Bertz CT molecular complexity index is 240. The number of unbranched alkanes of at least 4 members (excludes halogenated alkanes) is 7. The van der Waals surface area contributed by atoms with Crippen molar-refractivity contribution < 1.29 is 14.6 Å². The van der Waals surface area contributed by atoms with E-state index in [0.29, 0.717) is 6.10 Å². The minimum absolute atomic E-state index is 0.0310. The second-order valence-corrected chi connectivity index (χ2v) is 5.82. The van der Waals surface area contributed by atoms with Crippen LogP contribution in [0.3, 0.4) is 0 Å². The monoisotopic (exact) mass is 270 g/mol. The molecule has 1 fully saturated rings. The van der Waals surface area contributed by atoms with E-state index >= 15 is 0 Å². The van der Waals surface area contributed by atoms with Crippen LogP contribution in [0.25, 0.3) is 0 Å². The van der Waals surface area contributed by atoms with Gasteiger partial charge in [0.15, 0.2) is 0 Å². The van der Waals surface area contributed by atoms with Crippen molar-refractivity contribution in [1.29, 1.82) is 0 Å². The average Bonchev–Trinajstić information content (AvgIpc) is 2.79. The van der Waals surface area contributed by atoms with Gasteiger partial charge in [0.1, 0.15) is 0 Å². The Morgan fingerprint density at radius 3 is 2.21 bits per heavy atom. The van der Waals surface area contributed by atoms with Crippen molar-refractivity contribution in [3.8, 4) is 0 Å². The summed E-state index contributed by atoms with van der Waals surface area (Å²) >= 11 is 0. The summed E-state index contributed by atoms with van der Waals surface area (Å²) in [7, 11) is 0. The maximum Gasteiger partial charge on any atom is 0.305 e. The molecule has 0 aromatic rings. The van der Waals surface area contributed by atoms with Gasteiger partial charge in [-0.1, -0.05) is 58.3 Å². The smallest absolute Gasteiger partial charge is 0.305 e. The zero-order valence-corrected chi connectivity index (χ0v) is 12.4. The van der Waals surface area contributed by atoms with E-state index in [2.05, 4.69) is 6.92 Å². The van der Waals surface area contributed by atoms with E-state index in [4.69, 9.17) is 9.84 Å². The number of hydrogen-bond donors (Lipinski definition) is 1. The van der Waals surface area contributed by atoms with Crippen LogP contribution < -0.4 is 0 Å². The van der Waals surface area contributed by atoms with Crippen molar-refractivity contribution >= 4 is 5.97 Å². The molecule has 112 valence electrons. The van der Waals surface area contributed by atoms with Crippen LogP contribution in [-0.4, -0.2) is 23.3 Å². The van der Waals surface area contributed by atoms with E-state index in [1.165, 1.54) is 51.4 Å². The Hall–Kier alpha value is -0.570. The van der Waals surface area contributed by atoms with Gasteiger partial charge < -0.3 is 9.84 Å². The van der Waals surface area contributed by atoms with Gasteiger partial charge in [-0.25, -0.2) is 0 Å². The summed E-state index contributed by atoms with van der Waals surface area (Å²) in [6.45, 7) is 2.25. The molecule has 1 heterocycles. The van der Waals surface area contributed by atoms with Crippen LogP contribution in [0.2, 0.25) is 0 Å². The summed E-state index contributed by atoms with van der Waals surface area (Å²) < 4.78 is 5.75. The van der Waals surface area contributed by atoms with Gasteiger partial charge >= 0.3 is 5.97 Å². The first kappa shape index (κ1) is 16.5. The second-order valence-electron chi connectivity index (χ2n) is 5.82. The van der Waals surface area contributed by atoms with Crippen molar-refractivity contribution in [2.45, 2.75) is 96.2 Å². The number of hydrogen-bond acceptors (Lipinski definition) is 2. The molecule has 1 N–H and O–H groups in total. The Morgan fingerprint density at radius 1 is 1.00 bits per heavy atom. The van der Waals surface area contributed by atoms with Crippen LogP contribution in [0.15, 0.2) is 0 Å². The molecule has 2 unspecified atom stereocenters. The molecular weight excluding hydrogens is 240 g/mol. The van der Waals surface area contributed by atoms with Crippen molar-refractivity contribution in [3.05, 3.63) is 0 Å². The molecule has 1 saturated heterocycles. The quantitative estimate of drug-likeness (QED) is 0.561. The first-order chi connectivity index (χ1) is 9.22. The molecule has 3 heteroatoms. The van der Waals surface area contributed by atoms with Crippen molar-refractivity contribution in [3.63, 3.8) is 0 Å². The Balaban J connectivity index is 1.89. The van der Waals surface area contributed by atoms with Gasteiger partial charge in [-0.15, -0.1) is 0 Å². The zero-order valence-electron chi connectivity index (χ0n) is 12.4. The van der Waals surface area contributed by atoms with E-state index in [9.17, 15) is 4.79 Å². The first-order valence-corrected chi connectivity index (χ1v) is 8.09. The van der Waals surface area contributed by atoms with Gasteiger partial charge in [0, 0.05) is 0 Å². The summed E-state index contributed by atoms with van der Waals surface area (Å²) in [6, 6.07) is 0. The molecule has 1 aliphatic rings. The normalized spacial score (nSPS) is 22.8. The lowest BCUT2D eigenvalue weighted by Gasteiger charge is -2.12. The molecule has 0 spiro atoms. The standard InChI is InChI=1S/C16H30O3/c1-2-3-4-5-6-7-8-9-10-14-11-12-15(19-14)13-16(17)18/h14-15H,2-13H2,1H3,(H,17,18). The highest BCUT2D eigenvalue weighted by atomic mass is 16.5. The average molecular weight is 270 g/mol. The van der Waals surface area contributed by atoms with Gasteiger partial charge in [-0.3, -0.25) is 4.79 Å². The van der Waals surface area contributed by atoms with Crippen LogP contribution in [0.4, 0.5) is 0 Å². The Labute approximate surface area is 117 Å². The molecule has 2 atom stereocenters. The Kier molecular flexibility index (Phi) is 8.89. The van der Waals surface area contributed by atoms with Crippen molar-refractivity contribution in [2.75, 3.05) is 0 Å². The van der Waals surface area contributed by atoms with Crippen molar-refractivity contribution in [2.24, 2.45) is 0 Å². The maximum absolute atomic E-state index is 10.6. The summed E-state index contributed by atoms with van der Waals surface area (Å²) in [5.41, 5.74) is 0. The van der Waals surface area contributed by atoms with Crippen LogP contribution in [-0.2, 0) is 9.53 Å². The minimum Gasteiger partial charge on any atom is -0.481 e. The predicted octanol–water partition coefficient (Wildman–Crippen LogP) is 4.54. The SMILES string of the molecule is CCCCCCCCCCC1CCC(CC(=O)O)O1. The number of rotatable bonds is 11. The molecule has 0 radical (unpaired) electrons. The van der Waals surface area contributed by atoms with Crippen LogP contribution in [0, 0.1) is 0 Å². The fourth-order valence-electron chi connectivity index (χ4n) is 2.84. The number of carbonyl (C=O) groups is 1. The third-order valence-corrected chi connectivity index (χ3v) is 3.98. The fourth-order valence-corrected chi connectivity index (χ4v) is 2.84. The van der Waals surface area contributed by atoms with Crippen molar-refractivity contribution in [1.82, 2.24) is 0 Å². The predicted molar refractivity (Wildman–Crippen MR) is 77.4 cm³/mol. The van der Waals surface area contributed by atoms with E-state index in [1.54, 1.807) is 0 Å². The third kappa shape index (κ3) is 8.25. The maximum atomic E-state index is 10.6. The highest BCUT2D eigenvalue weighted by Gasteiger charge is 2.26. The van der Waals surface area contributed by atoms with Gasteiger partial charge in [-0.05, 0) is 19.3 Å². The lowest BCUT2D eigenvalue weighted by atomic mass is 10.0. The molecule has 0 aliphatic carbocycles. The summed E-state index contributed by atoms with van der Waals surface area (Å²) in [4.78, 5) is 10.6. The lowest BCUT2D eigenvalue weighted by Crippen LogP contribution is -2.14. The molecule has 1 aliphatic heterocycles. The number of carboxylic acids is 1. The first-order valence-electron chi connectivity index (χ1n) is 8.09. The molecule has 0 aromatic heterocycles. The summed E-state index contributed by atoms with van der Waals surface area (Å²) in [5, 5.41) is 8.71. The largest absolute Gasteiger partial charge is 0.481 e. The number of aliphatic carboxylic acids is 1. The Morgan fingerprint density at radius 2 is 1.58 bits per heavy atom. The number of carboxylic acid groups (broad SMARTS) is 1. The minimum atomic E-state index is -0.738. The van der Waals surface area contributed by atoms with Gasteiger partial charge in [-0.2, -0.15) is 0 Å². The zero-order chi connectivity index (χ0) is 13.9. The molecular formula is C16H30O3. The molecule has 19 heavy (non-hydrogen) atoms. The molecule has 0 saturated carbocycles. The van der Waals surface area contributed by atoms with Crippen LogP contribution in [0.1, 0.15) is 84.0 Å². The van der Waals surface area contributed by atoms with E-state index in [-0.39, 0.29) is 12.5 Å². The van der Waals surface area contributed by atoms with Crippen LogP contribution >= 0.6 is 0 Å². The third-order valence-electron chi connectivity index (χ3n) is 3.98. The molecule has 0 aromatic carbocycles. The summed E-state index contributed by atoms with van der Waals surface area (Å²) in [6.07, 6.45) is 14.3. The second kappa shape index (κ2) is 10.2. The number of ether oxygens (including phenoxy) is 1. The van der Waals surface area contributed by atoms with Crippen LogP contribution in [0.5, 0.6) is 0 Å². The van der Waals surface area contributed by atoms with E-state index < -0.39 is 5.97 Å². The highest BCUT2D eigenvalue weighted by Crippen LogP contribution is 2.26. The molecule has 3 nitrogen and oxygen atoms in total. The van der Waals surface area contributed by atoms with Gasteiger partial charge in [0.2, 0.25) is 0 Å². The van der Waals surface area contributed by atoms with E-state index in [0.717, 1.165) is 19.3 Å². The topological polar surface area (TPSA) is 46.5 Å². The van der Waals surface area contributed by atoms with Gasteiger partial charge in [0.05, 0.1) is 18.6 Å². The highest BCUT2D eigenvalue weighted by molar-refractivity contribution is 5.67. The fraction of sp³-hybridized carbons (Fsp3) is 0.938. The lowest BCUT2D eigenvalue weighted by molar-refractivity contribution is -0.139. The molecule has 0 amide bonds. The molecule has 1 rings (SSSR count).